The van der Waals surface area contributed by atoms with Gasteiger partial charge in [0, 0.05) is 10.6 Å². The first kappa shape index (κ1) is 10.1. The summed E-state index contributed by atoms with van der Waals surface area (Å²) in [6, 6.07) is 2.57. The number of nitrogens with zero attached hydrogens (tertiary/aromatic N) is 1. The number of nitrogens with one attached hydrogen (secondary N) is 1. The Morgan fingerprint density at radius 3 is 3.00 bits per heavy atom. The van der Waals surface area contributed by atoms with E-state index in [1.165, 1.54) is 0 Å². The van der Waals surface area contributed by atoms with Crippen molar-refractivity contribution >= 4 is 34.0 Å². The van der Waals surface area contributed by atoms with E-state index < -0.39 is 0 Å². The third-order valence-corrected chi connectivity index (χ3v) is 4.11. The van der Waals surface area contributed by atoms with Gasteiger partial charge in [-0.25, -0.2) is 0 Å². The molecule has 76 valence electrons. The highest BCUT2D eigenvalue weighted by Gasteiger charge is 2.24. The molecular formula is C10H14N2S2. The van der Waals surface area contributed by atoms with Crippen molar-refractivity contribution in [1.82, 2.24) is 0 Å². The van der Waals surface area contributed by atoms with Crippen LogP contribution >= 0.6 is 23.1 Å². The molecule has 14 heavy (non-hydrogen) atoms. The number of hydrogen-bond acceptors (Lipinski definition) is 4. The van der Waals surface area contributed by atoms with E-state index in [0.29, 0.717) is 11.3 Å². The van der Waals surface area contributed by atoms with Gasteiger partial charge in [0.15, 0.2) is 5.17 Å². The standard InChI is InChI=1S/C10H14N2S2/c1-3-9-7(2)14-10(12-9)11-8-4-5-13-6-8/h4-7,9H,3H2,1-2H3,(H,11,12). The summed E-state index contributed by atoms with van der Waals surface area (Å²) < 4.78 is 0. The zero-order valence-corrected chi connectivity index (χ0v) is 9.99. The quantitative estimate of drug-likeness (QED) is 0.835. The van der Waals surface area contributed by atoms with Gasteiger partial charge in [0.1, 0.15) is 0 Å². The Balaban J connectivity index is 2.00. The molecule has 0 saturated carbocycles. The Hall–Kier alpha value is -0.480. The van der Waals surface area contributed by atoms with Gasteiger partial charge in [-0.05, 0) is 17.9 Å². The number of rotatable bonds is 2. The van der Waals surface area contributed by atoms with Crippen molar-refractivity contribution < 1.29 is 0 Å². The van der Waals surface area contributed by atoms with Crippen LogP contribution < -0.4 is 5.32 Å². The van der Waals surface area contributed by atoms with Gasteiger partial charge in [0.25, 0.3) is 0 Å². The number of amidine groups is 1. The number of thioether (sulfide) groups is 1. The highest BCUT2D eigenvalue weighted by molar-refractivity contribution is 8.15. The van der Waals surface area contributed by atoms with Crippen LogP contribution in [-0.4, -0.2) is 16.5 Å². The van der Waals surface area contributed by atoms with Gasteiger partial charge >= 0.3 is 0 Å². The first-order valence-corrected chi connectivity index (χ1v) is 6.65. The fraction of sp³-hybridized carbons (Fsp3) is 0.500. The maximum atomic E-state index is 4.64. The molecule has 2 rings (SSSR count). The van der Waals surface area contributed by atoms with Gasteiger partial charge < -0.3 is 5.32 Å². The molecule has 1 N–H and O–H groups in total. The normalized spacial score (nSPS) is 26.3. The zero-order valence-electron chi connectivity index (χ0n) is 8.36. The molecule has 2 nitrogen and oxygen atoms in total. The van der Waals surface area contributed by atoms with Crippen molar-refractivity contribution in [2.24, 2.45) is 4.99 Å². The minimum absolute atomic E-state index is 0.487. The predicted octanol–water partition coefficient (Wildman–Crippen LogP) is 3.43. The summed E-state index contributed by atoms with van der Waals surface area (Å²) in [7, 11) is 0. The van der Waals surface area contributed by atoms with Crippen molar-refractivity contribution in [2.45, 2.75) is 31.6 Å². The van der Waals surface area contributed by atoms with E-state index in [-0.39, 0.29) is 0 Å². The van der Waals surface area contributed by atoms with Crippen molar-refractivity contribution in [3.05, 3.63) is 16.8 Å². The highest BCUT2D eigenvalue weighted by Crippen LogP contribution is 2.29. The van der Waals surface area contributed by atoms with Crippen LogP contribution in [0.3, 0.4) is 0 Å². The minimum Gasteiger partial charge on any atom is -0.334 e. The van der Waals surface area contributed by atoms with Crippen molar-refractivity contribution in [2.75, 3.05) is 5.32 Å². The second-order valence-corrected chi connectivity index (χ2v) is 5.52. The molecule has 1 aliphatic rings. The van der Waals surface area contributed by atoms with Gasteiger partial charge in [-0.1, -0.05) is 25.6 Å². The van der Waals surface area contributed by atoms with E-state index in [4.69, 9.17) is 0 Å². The summed E-state index contributed by atoms with van der Waals surface area (Å²) in [5.74, 6) is 0. The van der Waals surface area contributed by atoms with Crippen molar-refractivity contribution in [3.8, 4) is 0 Å². The second-order valence-electron chi connectivity index (χ2n) is 3.37. The van der Waals surface area contributed by atoms with E-state index in [9.17, 15) is 0 Å². The Morgan fingerprint density at radius 2 is 2.43 bits per heavy atom. The number of anilines is 1. The third kappa shape index (κ3) is 2.12. The molecule has 1 aromatic heterocycles. The van der Waals surface area contributed by atoms with E-state index in [1.54, 1.807) is 11.3 Å². The molecule has 0 aromatic carbocycles. The SMILES string of the molecule is CCC1N=C(Nc2ccsc2)SC1C. The van der Waals surface area contributed by atoms with Crippen LogP contribution in [0.25, 0.3) is 0 Å². The molecule has 0 aliphatic carbocycles. The molecule has 0 saturated heterocycles. The van der Waals surface area contributed by atoms with Crippen LogP contribution in [0.5, 0.6) is 0 Å². The van der Waals surface area contributed by atoms with E-state index >= 15 is 0 Å². The largest absolute Gasteiger partial charge is 0.334 e. The molecule has 2 heterocycles. The van der Waals surface area contributed by atoms with Gasteiger partial charge in [-0.15, -0.1) is 0 Å². The van der Waals surface area contributed by atoms with Crippen LogP contribution in [-0.2, 0) is 0 Å². The van der Waals surface area contributed by atoms with E-state index in [0.717, 1.165) is 17.3 Å². The van der Waals surface area contributed by atoms with Crippen LogP contribution in [0.15, 0.2) is 21.8 Å². The highest BCUT2D eigenvalue weighted by atomic mass is 32.2. The lowest BCUT2D eigenvalue weighted by atomic mass is 10.2. The van der Waals surface area contributed by atoms with Crippen LogP contribution in [0.1, 0.15) is 20.3 Å². The minimum atomic E-state index is 0.487. The first-order chi connectivity index (χ1) is 6.79. The Bertz CT molecular complexity index is 319. The van der Waals surface area contributed by atoms with Crippen LogP contribution in [0.2, 0.25) is 0 Å². The summed E-state index contributed by atoms with van der Waals surface area (Å²) >= 11 is 3.54. The Kier molecular flexibility index (Phi) is 3.13. The number of hydrogen-bond donors (Lipinski definition) is 1. The smallest absolute Gasteiger partial charge is 0.161 e. The molecule has 2 unspecified atom stereocenters. The molecule has 0 bridgehead atoms. The maximum Gasteiger partial charge on any atom is 0.161 e. The van der Waals surface area contributed by atoms with Gasteiger partial charge in [0.05, 0.1) is 11.7 Å². The molecule has 4 heteroatoms. The Labute approximate surface area is 92.8 Å². The molecule has 0 amide bonds. The fourth-order valence-corrected chi connectivity index (χ4v) is 3.21. The molecule has 0 fully saturated rings. The average Bonchev–Trinajstić information content (AvgIpc) is 2.76. The van der Waals surface area contributed by atoms with E-state index in [1.807, 2.05) is 11.8 Å². The lowest BCUT2D eigenvalue weighted by molar-refractivity contribution is 0.657. The molecule has 1 aliphatic heterocycles. The summed E-state index contributed by atoms with van der Waals surface area (Å²) in [6.45, 7) is 4.43. The van der Waals surface area contributed by atoms with E-state index in [2.05, 4.69) is 41.0 Å². The summed E-state index contributed by atoms with van der Waals surface area (Å²) in [4.78, 5) is 4.64. The predicted molar refractivity (Wildman–Crippen MR) is 66.5 cm³/mol. The van der Waals surface area contributed by atoms with Gasteiger partial charge in [-0.2, -0.15) is 11.3 Å². The lowest BCUT2D eigenvalue weighted by Crippen LogP contribution is -2.11. The second kappa shape index (κ2) is 4.36. The molecule has 0 spiro atoms. The Morgan fingerprint density at radius 1 is 1.57 bits per heavy atom. The topological polar surface area (TPSA) is 24.4 Å². The summed E-state index contributed by atoms with van der Waals surface area (Å²) in [5, 5.41) is 9.20. The average molecular weight is 226 g/mol. The molecule has 2 atom stereocenters. The van der Waals surface area contributed by atoms with Crippen LogP contribution in [0, 0.1) is 0 Å². The third-order valence-electron chi connectivity index (χ3n) is 2.31. The van der Waals surface area contributed by atoms with Crippen molar-refractivity contribution in [3.63, 3.8) is 0 Å². The van der Waals surface area contributed by atoms with Gasteiger partial charge in [-0.3, -0.25) is 4.99 Å². The number of aliphatic imine (C=N–C) groups is 1. The summed E-state index contributed by atoms with van der Waals surface area (Å²) in [5.41, 5.74) is 1.16. The van der Waals surface area contributed by atoms with Crippen LogP contribution in [0.4, 0.5) is 5.69 Å². The monoisotopic (exact) mass is 226 g/mol. The van der Waals surface area contributed by atoms with Crippen molar-refractivity contribution in [1.29, 1.82) is 0 Å². The molecule has 1 aromatic rings. The molecule has 0 radical (unpaired) electrons. The van der Waals surface area contributed by atoms with Gasteiger partial charge in [0.2, 0.25) is 0 Å². The molecular weight excluding hydrogens is 212 g/mol. The first-order valence-electron chi connectivity index (χ1n) is 4.83. The summed E-state index contributed by atoms with van der Waals surface area (Å²) in [6.07, 6.45) is 1.13. The maximum absolute atomic E-state index is 4.64. The zero-order chi connectivity index (χ0) is 9.97. The fourth-order valence-electron chi connectivity index (χ4n) is 1.48. The number of thiophene rings is 1. The lowest BCUT2D eigenvalue weighted by Gasteiger charge is -2.07.